The monoisotopic (exact) mass is 676 g/mol. The summed E-state index contributed by atoms with van der Waals surface area (Å²) in [5, 5.41) is 0. The van der Waals surface area contributed by atoms with Crippen LogP contribution in [-0.2, 0) is 32.2 Å². The number of phosphoric acid groups is 1. The normalized spacial score (nSPS) is 37.7. The molecule has 3 fully saturated rings. The summed E-state index contributed by atoms with van der Waals surface area (Å²) >= 11 is 0. The molecule has 3 aliphatic rings. The number of nitrogens with zero attached hydrogens (tertiary/aromatic N) is 7. The molecule has 45 heavy (non-hydrogen) atoms. The van der Waals surface area contributed by atoms with E-state index in [1.165, 1.54) is 6.33 Å². The van der Waals surface area contributed by atoms with Crippen molar-refractivity contribution in [2.45, 2.75) is 55.6 Å². The van der Waals surface area contributed by atoms with Crippen LogP contribution < -0.4 is 17.0 Å². The second-order valence-electron chi connectivity index (χ2n) is 10.4. The van der Waals surface area contributed by atoms with Gasteiger partial charge < -0.3 is 30.7 Å². The molecule has 0 spiro atoms. The molecule has 0 aromatic carbocycles. The zero-order valence-electron chi connectivity index (χ0n) is 22.6. The molecule has 4 aromatic heterocycles. The summed E-state index contributed by atoms with van der Waals surface area (Å²) < 4.78 is 87.3. The zero-order valence-corrected chi connectivity index (χ0v) is 24.4. The first-order chi connectivity index (χ1) is 21.3. The van der Waals surface area contributed by atoms with Gasteiger partial charge in [0.1, 0.15) is 30.2 Å². The minimum atomic E-state index is -5.12. The van der Waals surface area contributed by atoms with E-state index in [0.717, 1.165) is 21.8 Å². The first-order valence-electron chi connectivity index (χ1n) is 13.2. The highest BCUT2D eigenvalue weighted by atomic mass is 31.2. The fourth-order valence-corrected chi connectivity index (χ4v) is 7.80. The van der Waals surface area contributed by atoms with E-state index >= 15 is 8.78 Å². The number of fused-ring (bicyclic) bond motifs is 4. The van der Waals surface area contributed by atoms with Crippen molar-refractivity contribution < 1.29 is 50.7 Å². The van der Waals surface area contributed by atoms with Gasteiger partial charge >= 0.3 is 15.4 Å². The number of halogens is 2. The Morgan fingerprint density at radius 3 is 2.29 bits per heavy atom. The number of anilines is 2. The Bertz CT molecular complexity index is 1940. The number of phosphoric ester groups is 1. The van der Waals surface area contributed by atoms with Gasteiger partial charge in [-0.2, -0.15) is 4.98 Å². The average molecular weight is 676 g/mol. The number of aromatic amines is 1. The molecule has 0 radical (unpaired) electrons. The lowest BCUT2D eigenvalue weighted by Crippen LogP contribution is -2.36. The number of hydrogen-bond donors (Lipinski definition) is 5. The third-order valence-electron chi connectivity index (χ3n) is 7.56. The summed E-state index contributed by atoms with van der Waals surface area (Å²) in [6.45, 7) is -0.879. The maximum Gasteiger partial charge on any atom is 0.472 e. The highest BCUT2D eigenvalue weighted by molar-refractivity contribution is 7.52. The largest absolute Gasteiger partial charge is 0.472 e. The molecule has 24 heteroatoms. The standard InChI is InChI=1S/C21H24F2N10O10P2/c22-9-13-7(40-20(9)33-6-29-12-17(33)30-21(25)31-18(12)34)1-2-44(35,36)42-14-8(3-39-45(37,38)43-13)41-19(10(14)23)32-5-28-11-15(24)26-4-27-16(11)32/h4-10,13-14,19-20H,1-3H2,(H,35,36)(H,37,38)(H2,24,26,27)(H3,25,30,31,34)/t7?,8-,9-,10-,13-,14-,19-,20-/m1/s1. The molecular formula is C21H24F2N10O10P2. The highest BCUT2D eigenvalue weighted by Crippen LogP contribution is 2.54. The summed E-state index contributed by atoms with van der Waals surface area (Å²) in [5.74, 6) is -0.287. The van der Waals surface area contributed by atoms with E-state index in [9.17, 15) is 23.7 Å². The van der Waals surface area contributed by atoms with Crippen molar-refractivity contribution in [2.24, 2.45) is 0 Å². The quantitative estimate of drug-likeness (QED) is 0.176. The van der Waals surface area contributed by atoms with Crippen molar-refractivity contribution in [3.05, 3.63) is 29.3 Å². The first kappa shape index (κ1) is 30.2. The van der Waals surface area contributed by atoms with Crippen molar-refractivity contribution in [3.8, 4) is 0 Å². The summed E-state index contributed by atoms with van der Waals surface area (Å²) in [6.07, 6.45) is -11.9. The molecule has 7 rings (SSSR count). The number of ether oxygens (including phenoxy) is 2. The Morgan fingerprint density at radius 2 is 1.56 bits per heavy atom. The Kier molecular flexibility index (Phi) is 7.26. The lowest BCUT2D eigenvalue weighted by molar-refractivity contribution is -0.0513. The van der Waals surface area contributed by atoms with E-state index in [-0.39, 0.29) is 34.1 Å². The number of nitrogen functional groups attached to an aromatic ring is 2. The van der Waals surface area contributed by atoms with Crippen LogP contribution in [0.2, 0.25) is 0 Å². The number of aromatic nitrogens is 8. The van der Waals surface area contributed by atoms with Gasteiger partial charge in [0.15, 0.2) is 47.4 Å². The molecule has 3 aliphatic heterocycles. The van der Waals surface area contributed by atoms with Gasteiger partial charge in [-0.3, -0.25) is 37.0 Å². The smallest absolute Gasteiger partial charge is 0.382 e. The van der Waals surface area contributed by atoms with Gasteiger partial charge in [0, 0.05) is 0 Å². The van der Waals surface area contributed by atoms with E-state index in [2.05, 4.69) is 29.9 Å². The van der Waals surface area contributed by atoms with Gasteiger partial charge in [0.05, 0.1) is 31.5 Å². The van der Waals surface area contributed by atoms with Gasteiger partial charge in [0.2, 0.25) is 5.95 Å². The molecule has 0 saturated carbocycles. The number of rotatable bonds is 2. The van der Waals surface area contributed by atoms with Crippen LogP contribution in [0.5, 0.6) is 0 Å². The second kappa shape index (κ2) is 10.8. The molecule has 20 nitrogen and oxygen atoms in total. The van der Waals surface area contributed by atoms with Crippen LogP contribution in [0.25, 0.3) is 22.3 Å². The Balaban J connectivity index is 1.17. The minimum Gasteiger partial charge on any atom is -0.382 e. The molecule has 0 bridgehead atoms. The molecule has 7 heterocycles. The number of H-pyrrole nitrogens is 1. The fourth-order valence-electron chi connectivity index (χ4n) is 5.52. The number of hydrogen-bond acceptors (Lipinski definition) is 15. The molecule has 242 valence electrons. The number of nitrogens with one attached hydrogen (secondary N) is 1. The van der Waals surface area contributed by atoms with Crippen LogP contribution >= 0.6 is 15.4 Å². The van der Waals surface area contributed by atoms with Crippen molar-refractivity contribution >= 4 is 49.5 Å². The summed E-state index contributed by atoms with van der Waals surface area (Å²) in [7, 11) is -9.79. The van der Waals surface area contributed by atoms with E-state index < -0.39 is 89.4 Å². The molecule has 7 N–H and O–H groups in total. The topological polar surface area (TPSA) is 280 Å². The number of nitrogens with two attached hydrogens (primary N) is 2. The Hall–Kier alpha value is -3.46. The summed E-state index contributed by atoms with van der Waals surface area (Å²) in [6, 6.07) is 0. The van der Waals surface area contributed by atoms with Crippen LogP contribution in [0.4, 0.5) is 20.5 Å². The lowest BCUT2D eigenvalue weighted by Gasteiger charge is -2.27. The predicted molar refractivity (Wildman–Crippen MR) is 145 cm³/mol. The third-order valence-corrected chi connectivity index (χ3v) is 9.94. The molecule has 10 atom stereocenters. The van der Waals surface area contributed by atoms with E-state index in [1.54, 1.807) is 0 Å². The lowest BCUT2D eigenvalue weighted by atomic mass is 10.1. The minimum absolute atomic E-state index is 0.00732. The van der Waals surface area contributed by atoms with Crippen molar-refractivity contribution in [1.82, 2.24) is 39.0 Å². The molecule has 3 unspecified atom stereocenters. The van der Waals surface area contributed by atoms with Crippen LogP contribution in [0, 0.1) is 0 Å². The molecule has 4 aromatic rings. The van der Waals surface area contributed by atoms with Gasteiger partial charge in [-0.25, -0.2) is 33.3 Å². The van der Waals surface area contributed by atoms with Crippen LogP contribution in [0.3, 0.4) is 0 Å². The molecule has 3 saturated heterocycles. The van der Waals surface area contributed by atoms with Gasteiger partial charge in [0.25, 0.3) is 5.56 Å². The number of imidazole rings is 2. The van der Waals surface area contributed by atoms with Crippen molar-refractivity contribution in [2.75, 3.05) is 24.2 Å². The van der Waals surface area contributed by atoms with Crippen LogP contribution in [-0.4, -0.2) is 98.4 Å². The number of alkyl halides is 2. The maximum absolute atomic E-state index is 15.9. The van der Waals surface area contributed by atoms with Crippen LogP contribution in [0.1, 0.15) is 18.9 Å². The predicted octanol–water partition coefficient (Wildman–Crippen LogP) is 0.0714. The van der Waals surface area contributed by atoms with Gasteiger partial charge in [-0.1, -0.05) is 0 Å². The van der Waals surface area contributed by atoms with E-state index in [0.29, 0.717) is 0 Å². The maximum atomic E-state index is 15.9. The zero-order chi connectivity index (χ0) is 31.8. The molecule has 0 aliphatic carbocycles. The average Bonchev–Trinajstić information content (AvgIpc) is 3.72. The molecular weight excluding hydrogens is 652 g/mol. The van der Waals surface area contributed by atoms with E-state index in [4.69, 9.17) is 34.5 Å². The van der Waals surface area contributed by atoms with E-state index in [1.807, 2.05) is 0 Å². The SMILES string of the molecule is Nc1nc2c(ncn2[C@@H]2OC3CCP(=O)(O)O[C@H]4[C@@H](F)[C@H](n5cnc6c(N)ncnc65)O[C@@H]4COP(=O)(O)O[C@H]3[C@H]2F)c(=O)[nH]1. The van der Waals surface area contributed by atoms with Crippen molar-refractivity contribution in [1.29, 1.82) is 0 Å². The highest BCUT2D eigenvalue weighted by Gasteiger charge is 2.54. The Morgan fingerprint density at radius 1 is 0.911 bits per heavy atom. The van der Waals surface area contributed by atoms with Crippen molar-refractivity contribution in [3.63, 3.8) is 0 Å². The third kappa shape index (κ3) is 5.30. The Labute approximate surface area is 248 Å². The summed E-state index contributed by atoms with van der Waals surface area (Å²) in [4.78, 5) is 55.5. The second-order valence-corrected chi connectivity index (χ2v) is 13.8. The first-order valence-corrected chi connectivity index (χ1v) is 16.5. The fraction of sp³-hybridized carbons (Fsp3) is 0.524. The van der Waals surface area contributed by atoms with Gasteiger partial charge in [-0.05, 0) is 6.42 Å². The van der Waals surface area contributed by atoms with Gasteiger partial charge in [-0.15, -0.1) is 0 Å². The summed E-state index contributed by atoms with van der Waals surface area (Å²) in [5.41, 5.74) is 10.6. The molecule has 0 amide bonds. The van der Waals surface area contributed by atoms with Crippen LogP contribution in [0.15, 0.2) is 23.8 Å².